The lowest BCUT2D eigenvalue weighted by molar-refractivity contribution is -0.134. The lowest BCUT2D eigenvalue weighted by Crippen LogP contribution is -2.55. The van der Waals surface area contributed by atoms with Crippen molar-refractivity contribution in [2.45, 2.75) is 13.0 Å². The van der Waals surface area contributed by atoms with E-state index in [9.17, 15) is 18.8 Å². The average Bonchev–Trinajstić information content (AvgIpc) is 2.75. The van der Waals surface area contributed by atoms with Crippen LogP contribution in [0.2, 0.25) is 5.02 Å². The topological polar surface area (TPSA) is 81.8 Å². The summed E-state index contributed by atoms with van der Waals surface area (Å²) in [7, 11) is 0. The molecule has 1 aliphatic rings. The monoisotopic (exact) mass is 446 g/mol. The van der Waals surface area contributed by atoms with E-state index >= 15 is 0 Å². The molecule has 0 radical (unpaired) electrons. The van der Waals surface area contributed by atoms with E-state index in [1.807, 2.05) is 4.90 Å². The molecule has 1 fully saturated rings. The lowest BCUT2D eigenvalue weighted by Gasteiger charge is -2.35. The summed E-state index contributed by atoms with van der Waals surface area (Å²) in [6, 6.07) is 11.3. The molecule has 3 amide bonds. The van der Waals surface area contributed by atoms with Crippen LogP contribution in [0.3, 0.4) is 0 Å². The van der Waals surface area contributed by atoms with E-state index in [1.54, 1.807) is 36.1 Å². The van der Waals surface area contributed by atoms with Crippen LogP contribution in [-0.2, 0) is 9.59 Å². The Morgan fingerprint density at radius 2 is 1.61 bits per heavy atom. The number of benzene rings is 2. The maximum Gasteiger partial charge on any atom is 0.251 e. The molecule has 1 saturated heterocycles. The minimum atomic E-state index is -0.670. The van der Waals surface area contributed by atoms with E-state index in [0.717, 1.165) is 0 Å². The maximum atomic E-state index is 12.9. The molecule has 164 valence electrons. The van der Waals surface area contributed by atoms with Gasteiger partial charge in [-0.15, -0.1) is 0 Å². The Kier molecular flexibility index (Phi) is 7.59. The van der Waals surface area contributed by atoms with Gasteiger partial charge in [0.25, 0.3) is 5.91 Å². The number of hydrogen-bond donors (Lipinski definition) is 2. The quantitative estimate of drug-likeness (QED) is 0.713. The number of amides is 3. The van der Waals surface area contributed by atoms with Gasteiger partial charge in [-0.05, 0) is 55.5 Å². The molecule has 0 aliphatic carbocycles. The number of carbonyl (C=O) groups excluding carboxylic acids is 3. The van der Waals surface area contributed by atoms with Crippen molar-refractivity contribution in [3.63, 3.8) is 0 Å². The van der Waals surface area contributed by atoms with Crippen LogP contribution >= 0.6 is 11.6 Å². The van der Waals surface area contributed by atoms with Crippen LogP contribution in [-0.4, -0.2) is 66.3 Å². The Labute approximate surface area is 185 Å². The molecule has 0 spiro atoms. The fourth-order valence-corrected chi connectivity index (χ4v) is 3.41. The number of hydrogen-bond acceptors (Lipinski definition) is 4. The molecule has 2 aromatic rings. The number of halogens is 2. The van der Waals surface area contributed by atoms with Crippen LogP contribution in [0.15, 0.2) is 48.5 Å². The molecule has 1 aliphatic heterocycles. The van der Waals surface area contributed by atoms with E-state index in [0.29, 0.717) is 42.5 Å². The van der Waals surface area contributed by atoms with Gasteiger partial charge in [0.2, 0.25) is 11.8 Å². The molecule has 31 heavy (non-hydrogen) atoms. The standard InChI is InChI=1S/C22H24ClFN4O3/c1-15(25-21(30)16-2-4-17(23)5-3-16)22(31)28-12-10-27(11-13-28)14-20(29)26-19-8-6-18(24)7-9-19/h2-9,15H,10-14H2,1H3,(H,25,30)(H,26,29). The van der Waals surface area contributed by atoms with Crippen LogP contribution in [0.5, 0.6) is 0 Å². The number of anilines is 1. The molecule has 3 rings (SSSR count). The number of piperazine rings is 1. The van der Waals surface area contributed by atoms with Crippen molar-refractivity contribution in [3.8, 4) is 0 Å². The van der Waals surface area contributed by atoms with Crippen molar-refractivity contribution in [1.82, 2.24) is 15.1 Å². The predicted octanol–water partition coefficient (Wildman–Crippen LogP) is 2.38. The van der Waals surface area contributed by atoms with Crippen LogP contribution in [0.4, 0.5) is 10.1 Å². The highest BCUT2D eigenvalue weighted by molar-refractivity contribution is 6.30. The van der Waals surface area contributed by atoms with Gasteiger partial charge in [0.1, 0.15) is 11.9 Å². The van der Waals surface area contributed by atoms with Crippen molar-refractivity contribution >= 4 is 35.0 Å². The predicted molar refractivity (Wildman–Crippen MR) is 116 cm³/mol. The highest BCUT2D eigenvalue weighted by atomic mass is 35.5. The third-order valence-electron chi connectivity index (χ3n) is 5.00. The van der Waals surface area contributed by atoms with Gasteiger partial charge in [0, 0.05) is 42.5 Å². The van der Waals surface area contributed by atoms with E-state index in [2.05, 4.69) is 10.6 Å². The summed E-state index contributed by atoms with van der Waals surface area (Å²) in [6.45, 7) is 3.84. The number of nitrogens with zero attached hydrogens (tertiary/aromatic N) is 2. The van der Waals surface area contributed by atoms with Gasteiger partial charge in [0.15, 0.2) is 0 Å². The Morgan fingerprint density at radius 1 is 1.00 bits per heavy atom. The Hall–Kier alpha value is -2.97. The molecule has 1 atom stereocenters. The van der Waals surface area contributed by atoms with Gasteiger partial charge in [0.05, 0.1) is 6.54 Å². The highest BCUT2D eigenvalue weighted by Gasteiger charge is 2.26. The number of nitrogens with one attached hydrogen (secondary N) is 2. The molecule has 1 heterocycles. The van der Waals surface area contributed by atoms with E-state index in [-0.39, 0.29) is 30.1 Å². The molecule has 0 saturated carbocycles. The van der Waals surface area contributed by atoms with Crippen molar-refractivity contribution in [1.29, 1.82) is 0 Å². The first-order valence-electron chi connectivity index (χ1n) is 9.95. The van der Waals surface area contributed by atoms with Gasteiger partial charge >= 0.3 is 0 Å². The average molecular weight is 447 g/mol. The van der Waals surface area contributed by atoms with Gasteiger partial charge in [-0.2, -0.15) is 0 Å². The fourth-order valence-electron chi connectivity index (χ4n) is 3.28. The Balaban J connectivity index is 1.43. The second kappa shape index (κ2) is 10.4. The van der Waals surface area contributed by atoms with Crippen LogP contribution in [0.1, 0.15) is 17.3 Å². The summed E-state index contributed by atoms with van der Waals surface area (Å²) in [5, 5.41) is 5.97. The first-order chi connectivity index (χ1) is 14.8. The van der Waals surface area contributed by atoms with E-state index in [4.69, 9.17) is 11.6 Å². The zero-order valence-corrected chi connectivity index (χ0v) is 17.9. The second-order valence-corrected chi connectivity index (χ2v) is 7.79. The van der Waals surface area contributed by atoms with E-state index in [1.165, 1.54) is 24.3 Å². The maximum absolute atomic E-state index is 12.9. The molecule has 0 aromatic heterocycles. The van der Waals surface area contributed by atoms with Gasteiger partial charge < -0.3 is 15.5 Å². The van der Waals surface area contributed by atoms with Crippen molar-refractivity contribution < 1.29 is 18.8 Å². The zero-order chi connectivity index (χ0) is 22.4. The number of rotatable bonds is 6. The fraction of sp³-hybridized carbons (Fsp3) is 0.318. The van der Waals surface area contributed by atoms with Crippen LogP contribution in [0.25, 0.3) is 0 Å². The summed E-state index contributed by atoms with van der Waals surface area (Å²) in [5.41, 5.74) is 0.964. The minimum Gasteiger partial charge on any atom is -0.341 e. The Morgan fingerprint density at radius 3 is 2.23 bits per heavy atom. The SMILES string of the molecule is CC(NC(=O)c1ccc(Cl)cc1)C(=O)N1CCN(CC(=O)Nc2ccc(F)cc2)CC1. The largest absolute Gasteiger partial charge is 0.341 e. The third kappa shape index (κ3) is 6.50. The third-order valence-corrected chi connectivity index (χ3v) is 5.26. The molecule has 2 N–H and O–H groups in total. The first-order valence-corrected chi connectivity index (χ1v) is 10.3. The smallest absolute Gasteiger partial charge is 0.251 e. The second-order valence-electron chi connectivity index (χ2n) is 7.36. The Bertz CT molecular complexity index is 929. The van der Waals surface area contributed by atoms with Gasteiger partial charge in [-0.1, -0.05) is 11.6 Å². The molecule has 0 bridgehead atoms. The van der Waals surface area contributed by atoms with E-state index < -0.39 is 6.04 Å². The number of carbonyl (C=O) groups is 3. The van der Waals surface area contributed by atoms with Crippen molar-refractivity contribution in [3.05, 3.63) is 64.9 Å². The summed E-state index contributed by atoms with van der Waals surface area (Å²) < 4.78 is 12.9. The van der Waals surface area contributed by atoms with Gasteiger partial charge in [-0.25, -0.2) is 4.39 Å². The van der Waals surface area contributed by atoms with Crippen molar-refractivity contribution in [2.24, 2.45) is 0 Å². The summed E-state index contributed by atoms with van der Waals surface area (Å²) in [5.74, 6) is -1.07. The molecule has 1 unspecified atom stereocenters. The minimum absolute atomic E-state index is 0.169. The highest BCUT2D eigenvalue weighted by Crippen LogP contribution is 2.11. The van der Waals surface area contributed by atoms with Gasteiger partial charge in [-0.3, -0.25) is 19.3 Å². The summed E-state index contributed by atoms with van der Waals surface area (Å²) in [4.78, 5) is 40.8. The van der Waals surface area contributed by atoms with Crippen LogP contribution < -0.4 is 10.6 Å². The lowest BCUT2D eigenvalue weighted by atomic mass is 10.2. The molecule has 2 aromatic carbocycles. The molecule has 7 nitrogen and oxygen atoms in total. The van der Waals surface area contributed by atoms with Crippen LogP contribution in [0, 0.1) is 5.82 Å². The van der Waals surface area contributed by atoms with Crippen molar-refractivity contribution in [2.75, 3.05) is 38.0 Å². The molecular weight excluding hydrogens is 423 g/mol. The summed E-state index contributed by atoms with van der Waals surface area (Å²) in [6.07, 6.45) is 0. The first kappa shape index (κ1) is 22.7. The summed E-state index contributed by atoms with van der Waals surface area (Å²) >= 11 is 5.83. The normalized spacial score (nSPS) is 15.3. The molecular formula is C22H24ClFN4O3. The zero-order valence-electron chi connectivity index (χ0n) is 17.1. The molecule has 9 heteroatoms.